The molecule has 0 radical (unpaired) electrons. The Morgan fingerprint density at radius 3 is 3.11 bits per heavy atom. The zero-order chi connectivity index (χ0) is 13.2. The van der Waals surface area contributed by atoms with Gasteiger partial charge < -0.3 is 20.0 Å². The molecule has 0 spiro atoms. The van der Waals surface area contributed by atoms with Gasteiger partial charge in [-0.15, -0.1) is 0 Å². The Kier molecular flexibility index (Phi) is 2.67. The molecular weight excluding hydrogens is 250 g/mol. The van der Waals surface area contributed by atoms with Crippen molar-refractivity contribution >= 4 is 22.5 Å². The minimum absolute atomic E-state index is 0.435. The number of aromatic nitrogens is 3. The molecule has 8 heteroatoms. The van der Waals surface area contributed by atoms with Crippen molar-refractivity contribution in [2.45, 2.75) is 6.42 Å². The van der Waals surface area contributed by atoms with E-state index >= 15 is 0 Å². The predicted octanol–water partition coefficient (Wildman–Crippen LogP) is 0.741. The average molecular weight is 261 g/mol. The summed E-state index contributed by atoms with van der Waals surface area (Å²) in [6, 6.07) is 3.33. The van der Waals surface area contributed by atoms with Gasteiger partial charge in [-0.3, -0.25) is 4.98 Å². The molecule has 0 amide bonds. The molecule has 0 aliphatic rings. The van der Waals surface area contributed by atoms with Crippen molar-refractivity contribution in [2.75, 3.05) is 17.6 Å². The molecule has 0 aliphatic carbocycles. The van der Waals surface area contributed by atoms with E-state index in [1.807, 2.05) is 0 Å². The molecule has 0 aliphatic heterocycles. The zero-order valence-corrected chi connectivity index (χ0v) is 9.84. The van der Waals surface area contributed by atoms with Crippen molar-refractivity contribution in [1.29, 1.82) is 0 Å². The van der Waals surface area contributed by atoms with Crippen LogP contribution in [0.3, 0.4) is 0 Å². The van der Waals surface area contributed by atoms with Crippen LogP contribution >= 0.6 is 0 Å². The number of fused-ring (bicyclic) bond motifs is 1. The maximum absolute atomic E-state index is 11.1. The molecule has 0 fully saturated rings. The highest BCUT2D eigenvalue weighted by Gasteiger charge is 2.07. The molecule has 19 heavy (non-hydrogen) atoms. The molecule has 0 unspecified atom stereocenters. The molecular formula is C11H11N5O3. The van der Waals surface area contributed by atoms with Crippen molar-refractivity contribution in [1.82, 2.24) is 15.1 Å². The fourth-order valence-electron chi connectivity index (χ4n) is 1.78. The van der Waals surface area contributed by atoms with Gasteiger partial charge in [0, 0.05) is 19.0 Å². The monoisotopic (exact) mass is 261 g/mol. The fourth-order valence-corrected chi connectivity index (χ4v) is 1.78. The van der Waals surface area contributed by atoms with Crippen LogP contribution in [0.2, 0.25) is 0 Å². The number of nitrogens with zero attached hydrogens (tertiary/aromatic N) is 2. The van der Waals surface area contributed by atoms with Gasteiger partial charge in [-0.25, -0.2) is 4.79 Å². The third-order valence-corrected chi connectivity index (χ3v) is 2.65. The van der Waals surface area contributed by atoms with Gasteiger partial charge in [0.25, 0.3) is 0 Å². The van der Waals surface area contributed by atoms with E-state index in [1.54, 1.807) is 12.1 Å². The lowest BCUT2D eigenvalue weighted by atomic mass is 10.2. The molecule has 0 saturated heterocycles. The second-order valence-electron chi connectivity index (χ2n) is 3.96. The SMILES string of the molecule is Nc1cc2oc(=O)[nH]c2cc1NCCc1ncno1. The standard InChI is InChI=1S/C11H11N5O3/c12-6-3-9-8(16-11(17)18-9)4-7(6)13-2-1-10-14-5-15-19-10/h3-5,13H,1-2,12H2,(H,16,17). The van der Waals surface area contributed by atoms with Crippen LogP contribution in [0.25, 0.3) is 11.1 Å². The minimum atomic E-state index is -0.502. The third-order valence-electron chi connectivity index (χ3n) is 2.65. The molecule has 1 aromatic carbocycles. The fraction of sp³-hybridized carbons (Fsp3) is 0.182. The number of benzene rings is 1. The topological polar surface area (TPSA) is 123 Å². The summed E-state index contributed by atoms with van der Waals surface area (Å²) < 4.78 is 9.80. The highest BCUT2D eigenvalue weighted by Crippen LogP contribution is 2.24. The molecule has 0 saturated carbocycles. The van der Waals surface area contributed by atoms with Gasteiger partial charge in [-0.1, -0.05) is 5.16 Å². The summed E-state index contributed by atoms with van der Waals surface area (Å²) in [5, 5.41) is 6.65. The summed E-state index contributed by atoms with van der Waals surface area (Å²) in [4.78, 5) is 17.6. The first-order valence-corrected chi connectivity index (χ1v) is 5.64. The highest BCUT2D eigenvalue weighted by atomic mass is 16.5. The number of aromatic amines is 1. The molecule has 2 heterocycles. The maximum Gasteiger partial charge on any atom is 0.417 e. The first-order chi connectivity index (χ1) is 9.22. The number of anilines is 2. The quantitative estimate of drug-likeness (QED) is 0.592. The Morgan fingerprint density at radius 2 is 2.32 bits per heavy atom. The van der Waals surface area contributed by atoms with Crippen molar-refractivity contribution in [3.05, 3.63) is 34.9 Å². The van der Waals surface area contributed by atoms with Crippen LogP contribution in [0.5, 0.6) is 0 Å². The first-order valence-electron chi connectivity index (χ1n) is 5.64. The normalized spacial score (nSPS) is 10.9. The molecule has 98 valence electrons. The van der Waals surface area contributed by atoms with Crippen LogP contribution in [0.1, 0.15) is 5.89 Å². The molecule has 3 aromatic rings. The number of H-pyrrole nitrogens is 1. The number of nitrogens with one attached hydrogen (secondary N) is 2. The second-order valence-corrected chi connectivity index (χ2v) is 3.96. The zero-order valence-electron chi connectivity index (χ0n) is 9.84. The van der Waals surface area contributed by atoms with Crippen molar-refractivity contribution < 1.29 is 8.94 Å². The van der Waals surface area contributed by atoms with Crippen LogP contribution in [-0.4, -0.2) is 21.7 Å². The number of hydrogen-bond acceptors (Lipinski definition) is 7. The Labute approximate surface area is 106 Å². The van der Waals surface area contributed by atoms with E-state index in [2.05, 4.69) is 20.4 Å². The van der Waals surface area contributed by atoms with Gasteiger partial charge in [-0.2, -0.15) is 4.98 Å². The summed E-state index contributed by atoms with van der Waals surface area (Å²) in [7, 11) is 0. The van der Waals surface area contributed by atoms with Gasteiger partial charge in [0.05, 0.1) is 16.9 Å². The predicted molar refractivity (Wildman–Crippen MR) is 67.7 cm³/mol. The van der Waals surface area contributed by atoms with E-state index in [0.29, 0.717) is 41.3 Å². The van der Waals surface area contributed by atoms with E-state index < -0.39 is 5.76 Å². The summed E-state index contributed by atoms with van der Waals surface area (Å²) in [6.07, 6.45) is 1.94. The molecule has 2 aromatic heterocycles. The van der Waals surface area contributed by atoms with E-state index in [4.69, 9.17) is 14.7 Å². The first kappa shape index (κ1) is 11.3. The van der Waals surface area contributed by atoms with E-state index in [1.165, 1.54) is 6.33 Å². The third kappa shape index (κ3) is 2.28. The molecule has 4 N–H and O–H groups in total. The molecule has 3 rings (SSSR count). The number of hydrogen-bond donors (Lipinski definition) is 3. The largest absolute Gasteiger partial charge is 0.417 e. The lowest BCUT2D eigenvalue weighted by molar-refractivity contribution is 0.380. The summed E-state index contributed by atoms with van der Waals surface area (Å²) in [5.74, 6) is 0.0428. The highest BCUT2D eigenvalue weighted by molar-refractivity contribution is 5.85. The van der Waals surface area contributed by atoms with Crippen molar-refractivity contribution in [2.24, 2.45) is 0 Å². The van der Waals surface area contributed by atoms with Gasteiger partial charge in [0.1, 0.15) is 0 Å². The lowest BCUT2D eigenvalue weighted by Crippen LogP contribution is -2.07. The van der Waals surface area contributed by atoms with Crippen LogP contribution in [0.4, 0.5) is 11.4 Å². The summed E-state index contributed by atoms with van der Waals surface area (Å²) in [6.45, 7) is 0.583. The smallest absolute Gasteiger partial charge is 0.408 e. The van der Waals surface area contributed by atoms with Crippen LogP contribution < -0.4 is 16.8 Å². The maximum atomic E-state index is 11.1. The van der Waals surface area contributed by atoms with Crippen molar-refractivity contribution in [3.63, 3.8) is 0 Å². The molecule has 0 bridgehead atoms. The van der Waals surface area contributed by atoms with E-state index in [-0.39, 0.29) is 0 Å². The Balaban J connectivity index is 1.76. The summed E-state index contributed by atoms with van der Waals surface area (Å²) >= 11 is 0. The lowest BCUT2D eigenvalue weighted by Gasteiger charge is -2.07. The average Bonchev–Trinajstić information content (AvgIpc) is 2.98. The van der Waals surface area contributed by atoms with Crippen LogP contribution in [0.15, 0.2) is 32.2 Å². The van der Waals surface area contributed by atoms with Crippen LogP contribution in [0, 0.1) is 0 Å². The molecule has 0 atom stereocenters. The minimum Gasteiger partial charge on any atom is -0.408 e. The Hall–Kier alpha value is -2.77. The number of nitrogen functional groups attached to an aromatic ring is 1. The Bertz CT molecular complexity index is 743. The van der Waals surface area contributed by atoms with Gasteiger partial charge in [-0.05, 0) is 6.07 Å². The van der Waals surface area contributed by atoms with Gasteiger partial charge in [0.15, 0.2) is 11.9 Å². The summed E-state index contributed by atoms with van der Waals surface area (Å²) in [5.41, 5.74) is 8.11. The Morgan fingerprint density at radius 1 is 1.42 bits per heavy atom. The number of nitrogens with two attached hydrogens (primary N) is 1. The van der Waals surface area contributed by atoms with E-state index in [0.717, 1.165) is 0 Å². The van der Waals surface area contributed by atoms with Gasteiger partial charge >= 0.3 is 5.76 Å². The molecule has 8 nitrogen and oxygen atoms in total. The van der Waals surface area contributed by atoms with E-state index in [9.17, 15) is 4.79 Å². The van der Waals surface area contributed by atoms with Gasteiger partial charge in [0.2, 0.25) is 5.89 Å². The van der Waals surface area contributed by atoms with Crippen LogP contribution in [-0.2, 0) is 6.42 Å². The number of oxazole rings is 1. The van der Waals surface area contributed by atoms with Crippen molar-refractivity contribution in [3.8, 4) is 0 Å². The number of rotatable bonds is 4. The second kappa shape index (κ2) is 4.48.